The number of para-hydroxylation sites is 1. The standard InChI is InChI=1S/C27H22N2O3/c30-27-26-20(5-3-6-22(26)19-9-11-24-25(16-19)32-15-14-31-24)17-29(27)13-12-21-10-8-18-4-1-2-7-23(18)28-21/h1-11,16H,12-15,17H2. The number of pyridine rings is 1. The second kappa shape index (κ2) is 7.68. The van der Waals surface area contributed by atoms with Crippen LogP contribution in [0.1, 0.15) is 21.6 Å². The zero-order chi connectivity index (χ0) is 21.5. The van der Waals surface area contributed by atoms with Gasteiger partial charge in [-0.3, -0.25) is 9.78 Å². The molecule has 0 N–H and O–H groups in total. The zero-order valence-corrected chi connectivity index (χ0v) is 17.6. The van der Waals surface area contributed by atoms with Crippen LogP contribution in [0.25, 0.3) is 22.0 Å². The molecule has 0 saturated carbocycles. The molecule has 6 rings (SSSR count). The van der Waals surface area contributed by atoms with Gasteiger partial charge in [0.1, 0.15) is 13.2 Å². The number of hydrogen-bond donors (Lipinski definition) is 0. The van der Waals surface area contributed by atoms with Crippen molar-refractivity contribution in [2.45, 2.75) is 13.0 Å². The maximum Gasteiger partial charge on any atom is 0.255 e. The van der Waals surface area contributed by atoms with Crippen LogP contribution in [0.3, 0.4) is 0 Å². The lowest BCUT2D eigenvalue weighted by atomic mass is 9.96. The van der Waals surface area contributed by atoms with E-state index < -0.39 is 0 Å². The van der Waals surface area contributed by atoms with Gasteiger partial charge in [0.05, 0.1) is 11.1 Å². The highest BCUT2D eigenvalue weighted by molar-refractivity contribution is 6.04. The van der Waals surface area contributed by atoms with Gasteiger partial charge < -0.3 is 14.4 Å². The molecule has 3 aromatic carbocycles. The number of hydrogen-bond acceptors (Lipinski definition) is 4. The minimum atomic E-state index is 0.0753. The zero-order valence-electron chi connectivity index (χ0n) is 17.6. The molecule has 5 heteroatoms. The molecule has 4 aromatic rings. The van der Waals surface area contributed by atoms with Crippen LogP contribution in [-0.2, 0) is 13.0 Å². The quantitative estimate of drug-likeness (QED) is 0.471. The number of ether oxygens (including phenoxy) is 2. The number of aromatic nitrogens is 1. The fourth-order valence-electron chi connectivity index (χ4n) is 4.55. The fourth-order valence-corrected chi connectivity index (χ4v) is 4.55. The Balaban J connectivity index is 1.25. The van der Waals surface area contributed by atoms with Crippen molar-refractivity contribution in [2.24, 2.45) is 0 Å². The highest BCUT2D eigenvalue weighted by Crippen LogP contribution is 2.38. The van der Waals surface area contributed by atoms with Crippen molar-refractivity contribution >= 4 is 16.8 Å². The topological polar surface area (TPSA) is 51.7 Å². The van der Waals surface area contributed by atoms with Gasteiger partial charge in [-0.15, -0.1) is 0 Å². The highest BCUT2D eigenvalue weighted by Gasteiger charge is 2.30. The molecule has 0 fully saturated rings. The first-order chi connectivity index (χ1) is 15.8. The molecule has 0 aliphatic carbocycles. The summed E-state index contributed by atoms with van der Waals surface area (Å²) in [5.74, 6) is 1.56. The average Bonchev–Trinajstić information content (AvgIpc) is 3.18. The van der Waals surface area contributed by atoms with Gasteiger partial charge in [-0.25, -0.2) is 0 Å². The third-order valence-electron chi connectivity index (χ3n) is 6.16. The second-order valence-electron chi connectivity index (χ2n) is 8.17. The Bertz CT molecular complexity index is 1350. The number of rotatable bonds is 4. The van der Waals surface area contributed by atoms with Gasteiger partial charge in [-0.05, 0) is 41.0 Å². The van der Waals surface area contributed by atoms with E-state index in [1.54, 1.807) is 0 Å². The Morgan fingerprint density at radius 2 is 1.75 bits per heavy atom. The first-order valence-corrected chi connectivity index (χ1v) is 10.9. The third kappa shape index (κ3) is 3.26. The molecule has 0 radical (unpaired) electrons. The first kappa shape index (κ1) is 18.9. The predicted molar refractivity (Wildman–Crippen MR) is 123 cm³/mol. The van der Waals surface area contributed by atoms with Crippen LogP contribution in [0.2, 0.25) is 0 Å². The molecule has 158 valence electrons. The van der Waals surface area contributed by atoms with E-state index in [-0.39, 0.29) is 5.91 Å². The minimum absolute atomic E-state index is 0.0753. The Kier molecular flexibility index (Phi) is 4.53. The summed E-state index contributed by atoms with van der Waals surface area (Å²) < 4.78 is 11.4. The van der Waals surface area contributed by atoms with E-state index in [4.69, 9.17) is 14.5 Å². The number of nitrogens with zero attached hydrogens (tertiary/aromatic N) is 2. The maximum absolute atomic E-state index is 13.4. The number of carbonyl (C=O) groups excluding carboxylic acids is 1. The van der Waals surface area contributed by atoms with E-state index >= 15 is 0 Å². The smallest absolute Gasteiger partial charge is 0.255 e. The third-order valence-corrected chi connectivity index (χ3v) is 6.16. The molecule has 1 aromatic heterocycles. The number of benzene rings is 3. The van der Waals surface area contributed by atoms with E-state index in [0.717, 1.165) is 56.8 Å². The summed E-state index contributed by atoms with van der Waals surface area (Å²) in [5.41, 5.74) is 5.75. The van der Waals surface area contributed by atoms with Crippen molar-refractivity contribution in [1.29, 1.82) is 0 Å². The van der Waals surface area contributed by atoms with Crippen LogP contribution in [-0.4, -0.2) is 35.5 Å². The van der Waals surface area contributed by atoms with Gasteiger partial charge >= 0.3 is 0 Å². The van der Waals surface area contributed by atoms with E-state index in [0.29, 0.717) is 26.3 Å². The van der Waals surface area contributed by atoms with Crippen molar-refractivity contribution in [3.63, 3.8) is 0 Å². The van der Waals surface area contributed by atoms with Crippen LogP contribution in [0.4, 0.5) is 0 Å². The lowest BCUT2D eigenvalue weighted by Gasteiger charge is -2.19. The largest absolute Gasteiger partial charge is 0.486 e. The van der Waals surface area contributed by atoms with Crippen LogP contribution in [0.15, 0.2) is 72.8 Å². The van der Waals surface area contributed by atoms with Gasteiger partial charge in [-0.1, -0.05) is 48.5 Å². The monoisotopic (exact) mass is 422 g/mol. The van der Waals surface area contributed by atoms with Crippen molar-refractivity contribution in [1.82, 2.24) is 9.88 Å². The summed E-state index contributed by atoms with van der Waals surface area (Å²) in [6.45, 7) is 2.37. The Morgan fingerprint density at radius 3 is 2.69 bits per heavy atom. The van der Waals surface area contributed by atoms with Crippen LogP contribution in [0, 0.1) is 0 Å². The van der Waals surface area contributed by atoms with Gasteiger partial charge in [-0.2, -0.15) is 0 Å². The van der Waals surface area contributed by atoms with Crippen molar-refractivity contribution in [3.05, 3.63) is 89.6 Å². The Labute approximate surface area is 186 Å². The van der Waals surface area contributed by atoms with E-state index in [2.05, 4.69) is 18.2 Å². The molecule has 0 spiro atoms. The summed E-state index contributed by atoms with van der Waals surface area (Å²) in [6.07, 6.45) is 0.726. The molecule has 32 heavy (non-hydrogen) atoms. The lowest BCUT2D eigenvalue weighted by Crippen LogP contribution is -2.26. The Hall–Kier alpha value is -3.86. The van der Waals surface area contributed by atoms with Gasteiger partial charge in [0.25, 0.3) is 5.91 Å². The maximum atomic E-state index is 13.4. The van der Waals surface area contributed by atoms with E-state index in [9.17, 15) is 4.79 Å². The van der Waals surface area contributed by atoms with Gasteiger partial charge in [0, 0.05) is 30.6 Å². The molecule has 1 amide bonds. The lowest BCUT2D eigenvalue weighted by molar-refractivity contribution is 0.0780. The first-order valence-electron chi connectivity index (χ1n) is 10.9. The molecule has 0 unspecified atom stereocenters. The highest BCUT2D eigenvalue weighted by atomic mass is 16.6. The summed E-state index contributed by atoms with van der Waals surface area (Å²) in [7, 11) is 0. The normalized spacial score (nSPS) is 14.6. The molecule has 3 heterocycles. The molecule has 2 aliphatic heterocycles. The SMILES string of the molecule is O=C1c2c(cccc2-c2ccc3c(c2)OCCO3)CN1CCc1ccc2ccccc2n1. The second-order valence-corrected chi connectivity index (χ2v) is 8.17. The molecule has 0 bridgehead atoms. The summed E-state index contributed by atoms with van der Waals surface area (Å²) in [4.78, 5) is 20.0. The van der Waals surface area contributed by atoms with Crippen LogP contribution in [0.5, 0.6) is 11.5 Å². The van der Waals surface area contributed by atoms with Gasteiger partial charge in [0.2, 0.25) is 0 Å². The number of carbonyl (C=O) groups is 1. The molecular formula is C27H22N2O3. The van der Waals surface area contributed by atoms with E-state index in [1.807, 2.05) is 59.5 Å². The minimum Gasteiger partial charge on any atom is -0.486 e. The predicted octanol–water partition coefficient (Wildman–Crippen LogP) is 4.87. The Morgan fingerprint density at radius 1 is 0.875 bits per heavy atom. The van der Waals surface area contributed by atoms with Crippen molar-refractivity contribution in [3.8, 4) is 22.6 Å². The number of fused-ring (bicyclic) bond motifs is 3. The van der Waals surface area contributed by atoms with Crippen molar-refractivity contribution in [2.75, 3.05) is 19.8 Å². The summed E-state index contributed by atoms with van der Waals surface area (Å²) in [5, 5.41) is 1.13. The molecule has 0 atom stereocenters. The fraction of sp³-hybridized carbons (Fsp3) is 0.185. The molecular weight excluding hydrogens is 400 g/mol. The van der Waals surface area contributed by atoms with Crippen molar-refractivity contribution < 1.29 is 14.3 Å². The number of amides is 1. The summed E-state index contributed by atoms with van der Waals surface area (Å²) in [6, 6.07) is 24.2. The molecule has 5 nitrogen and oxygen atoms in total. The summed E-state index contributed by atoms with van der Waals surface area (Å²) >= 11 is 0. The van der Waals surface area contributed by atoms with E-state index in [1.165, 1.54) is 0 Å². The van der Waals surface area contributed by atoms with Crippen LogP contribution >= 0.6 is 0 Å². The average molecular weight is 422 g/mol. The van der Waals surface area contributed by atoms with Gasteiger partial charge in [0.15, 0.2) is 11.5 Å². The molecule has 2 aliphatic rings. The van der Waals surface area contributed by atoms with Crippen LogP contribution < -0.4 is 9.47 Å². The molecule has 0 saturated heterocycles.